The SMILES string of the molecule is Cc1ccc(NC(=O)NC(=O)CC(C)(C)C(=O)O)c(C)n1. The van der Waals surface area contributed by atoms with Crippen LogP contribution in [0.3, 0.4) is 0 Å². The van der Waals surface area contributed by atoms with Crippen molar-refractivity contribution in [1.29, 1.82) is 0 Å². The summed E-state index contributed by atoms with van der Waals surface area (Å²) in [7, 11) is 0. The molecule has 0 radical (unpaired) electrons. The van der Waals surface area contributed by atoms with Crippen LogP contribution in [0.15, 0.2) is 12.1 Å². The van der Waals surface area contributed by atoms with Crippen molar-refractivity contribution in [2.45, 2.75) is 34.1 Å². The molecule has 0 bridgehead atoms. The van der Waals surface area contributed by atoms with Crippen LogP contribution in [-0.4, -0.2) is 28.0 Å². The molecular formula is C14H19N3O4. The van der Waals surface area contributed by atoms with Gasteiger partial charge in [-0.2, -0.15) is 0 Å². The first-order valence-corrected chi connectivity index (χ1v) is 6.40. The van der Waals surface area contributed by atoms with Gasteiger partial charge in [0.2, 0.25) is 5.91 Å². The topological polar surface area (TPSA) is 108 Å². The van der Waals surface area contributed by atoms with Crippen LogP contribution in [-0.2, 0) is 9.59 Å². The van der Waals surface area contributed by atoms with Crippen LogP contribution in [0.2, 0.25) is 0 Å². The highest BCUT2D eigenvalue weighted by molar-refractivity contribution is 6.02. The third kappa shape index (κ3) is 4.87. The number of rotatable bonds is 4. The third-order valence-corrected chi connectivity index (χ3v) is 2.91. The third-order valence-electron chi connectivity index (χ3n) is 2.91. The van der Waals surface area contributed by atoms with Crippen molar-refractivity contribution in [3.63, 3.8) is 0 Å². The largest absolute Gasteiger partial charge is 0.481 e. The molecule has 0 saturated heterocycles. The van der Waals surface area contributed by atoms with Gasteiger partial charge in [0.25, 0.3) is 0 Å². The van der Waals surface area contributed by atoms with Gasteiger partial charge in [-0.25, -0.2) is 4.79 Å². The van der Waals surface area contributed by atoms with Crippen molar-refractivity contribution in [1.82, 2.24) is 10.3 Å². The molecular weight excluding hydrogens is 274 g/mol. The number of carbonyl (C=O) groups excluding carboxylic acids is 2. The maximum absolute atomic E-state index is 11.7. The van der Waals surface area contributed by atoms with Crippen LogP contribution in [0.4, 0.5) is 10.5 Å². The molecule has 0 aliphatic heterocycles. The number of carbonyl (C=O) groups is 3. The lowest BCUT2D eigenvalue weighted by atomic mass is 9.89. The van der Waals surface area contributed by atoms with Crippen molar-refractivity contribution in [2.75, 3.05) is 5.32 Å². The second-order valence-corrected chi connectivity index (χ2v) is 5.45. The molecule has 3 amide bonds. The standard InChI is InChI=1S/C14H19N3O4/c1-8-5-6-10(9(2)15-8)16-13(21)17-11(18)7-14(3,4)12(19)20/h5-6H,7H2,1-4H3,(H,19,20)(H2,16,17,18,21). The smallest absolute Gasteiger partial charge is 0.325 e. The number of carboxylic acid groups (broad SMARTS) is 1. The van der Waals surface area contributed by atoms with Gasteiger partial charge >= 0.3 is 12.0 Å². The van der Waals surface area contributed by atoms with E-state index in [4.69, 9.17) is 5.11 Å². The zero-order valence-corrected chi connectivity index (χ0v) is 12.5. The lowest BCUT2D eigenvalue weighted by molar-refractivity contribution is -0.149. The molecule has 1 aromatic heterocycles. The van der Waals surface area contributed by atoms with E-state index in [0.29, 0.717) is 11.4 Å². The molecule has 0 aliphatic carbocycles. The van der Waals surface area contributed by atoms with Crippen molar-refractivity contribution in [3.05, 3.63) is 23.5 Å². The fourth-order valence-electron chi connectivity index (χ4n) is 1.62. The number of urea groups is 1. The molecule has 3 N–H and O–H groups in total. The number of aliphatic carboxylic acids is 1. The normalized spacial score (nSPS) is 10.9. The number of nitrogens with zero attached hydrogens (tertiary/aromatic N) is 1. The zero-order valence-electron chi connectivity index (χ0n) is 12.5. The maximum atomic E-state index is 11.7. The summed E-state index contributed by atoms with van der Waals surface area (Å²) in [6.07, 6.45) is -0.291. The molecule has 1 heterocycles. The number of imide groups is 1. The van der Waals surface area contributed by atoms with Crippen molar-refractivity contribution >= 4 is 23.6 Å². The second kappa shape index (κ2) is 6.34. The molecule has 7 nitrogen and oxygen atoms in total. The fourth-order valence-corrected chi connectivity index (χ4v) is 1.62. The summed E-state index contributed by atoms with van der Waals surface area (Å²) in [6, 6.07) is 2.70. The monoisotopic (exact) mass is 293 g/mol. The Morgan fingerprint density at radius 1 is 1.24 bits per heavy atom. The number of carboxylic acids is 1. The molecule has 114 valence electrons. The molecule has 0 saturated carbocycles. The fraction of sp³-hybridized carbons (Fsp3) is 0.429. The Morgan fingerprint density at radius 3 is 2.38 bits per heavy atom. The highest BCUT2D eigenvalue weighted by Gasteiger charge is 2.30. The Morgan fingerprint density at radius 2 is 1.86 bits per heavy atom. The van der Waals surface area contributed by atoms with Crippen molar-refractivity contribution in [2.24, 2.45) is 5.41 Å². The highest BCUT2D eigenvalue weighted by atomic mass is 16.4. The molecule has 0 aromatic carbocycles. The Hall–Kier alpha value is -2.44. The van der Waals surface area contributed by atoms with Crippen LogP contribution in [0.1, 0.15) is 31.7 Å². The molecule has 21 heavy (non-hydrogen) atoms. The van der Waals surface area contributed by atoms with E-state index in [1.54, 1.807) is 19.1 Å². The minimum absolute atomic E-state index is 0.291. The second-order valence-electron chi connectivity index (χ2n) is 5.45. The number of nitrogens with one attached hydrogen (secondary N) is 2. The van der Waals surface area contributed by atoms with Crippen molar-refractivity contribution in [3.8, 4) is 0 Å². The summed E-state index contributed by atoms with van der Waals surface area (Å²) >= 11 is 0. The molecule has 7 heteroatoms. The first-order valence-electron chi connectivity index (χ1n) is 6.40. The number of pyridine rings is 1. The van der Waals surface area contributed by atoms with Gasteiger partial charge in [-0.05, 0) is 39.8 Å². The Balaban J connectivity index is 2.61. The molecule has 0 aliphatic rings. The molecule has 1 rings (SSSR count). The van der Waals surface area contributed by atoms with E-state index in [-0.39, 0.29) is 6.42 Å². The van der Waals surface area contributed by atoms with Gasteiger partial charge in [0.1, 0.15) is 0 Å². The molecule has 0 fully saturated rings. The van der Waals surface area contributed by atoms with Gasteiger partial charge in [0, 0.05) is 12.1 Å². The maximum Gasteiger partial charge on any atom is 0.325 e. The average molecular weight is 293 g/mol. The Labute approximate surface area is 122 Å². The number of hydrogen-bond donors (Lipinski definition) is 3. The lowest BCUT2D eigenvalue weighted by Gasteiger charge is -2.18. The van der Waals surface area contributed by atoms with Gasteiger partial charge in [0.05, 0.1) is 16.8 Å². The first-order chi connectivity index (χ1) is 9.61. The zero-order chi connectivity index (χ0) is 16.2. The molecule has 0 spiro atoms. The van der Waals surface area contributed by atoms with Crippen LogP contribution >= 0.6 is 0 Å². The number of hydrogen-bond acceptors (Lipinski definition) is 4. The van der Waals surface area contributed by atoms with E-state index in [0.717, 1.165) is 5.69 Å². The lowest BCUT2D eigenvalue weighted by Crippen LogP contribution is -2.38. The van der Waals surface area contributed by atoms with Gasteiger partial charge in [0.15, 0.2) is 0 Å². The molecule has 1 aromatic rings. The van der Waals surface area contributed by atoms with Crippen molar-refractivity contribution < 1.29 is 19.5 Å². The van der Waals surface area contributed by atoms with E-state index in [1.807, 2.05) is 6.92 Å². The van der Waals surface area contributed by atoms with Gasteiger partial charge in [-0.15, -0.1) is 0 Å². The van der Waals surface area contributed by atoms with E-state index in [1.165, 1.54) is 13.8 Å². The van der Waals surface area contributed by atoms with Gasteiger partial charge in [-0.3, -0.25) is 19.9 Å². The van der Waals surface area contributed by atoms with E-state index >= 15 is 0 Å². The summed E-state index contributed by atoms with van der Waals surface area (Å²) in [5.74, 6) is -1.76. The van der Waals surface area contributed by atoms with Gasteiger partial charge < -0.3 is 10.4 Å². The minimum Gasteiger partial charge on any atom is -0.481 e. The summed E-state index contributed by atoms with van der Waals surface area (Å²) in [5.41, 5.74) is 0.704. The average Bonchev–Trinajstić information content (AvgIpc) is 2.31. The number of amides is 3. The quantitative estimate of drug-likeness (QED) is 0.785. The summed E-state index contributed by atoms with van der Waals surface area (Å²) in [4.78, 5) is 38.5. The van der Waals surface area contributed by atoms with Crippen LogP contribution < -0.4 is 10.6 Å². The van der Waals surface area contributed by atoms with Gasteiger partial charge in [-0.1, -0.05) is 0 Å². The number of anilines is 1. The predicted molar refractivity (Wildman–Crippen MR) is 76.9 cm³/mol. The molecule has 0 atom stereocenters. The summed E-state index contributed by atoms with van der Waals surface area (Å²) in [5, 5.41) is 13.5. The first kappa shape index (κ1) is 16.6. The Kier molecular flexibility index (Phi) is 5.02. The van der Waals surface area contributed by atoms with E-state index < -0.39 is 23.3 Å². The van der Waals surface area contributed by atoms with Crippen LogP contribution in [0.5, 0.6) is 0 Å². The van der Waals surface area contributed by atoms with Crippen LogP contribution in [0.25, 0.3) is 0 Å². The summed E-state index contributed by atoms with van der Waals surface area (Å²) in [6.45, 7) is 6.40. The van der Waals surface area contributed by atoms with E-state index in [2.05, 4.69) is 15.6 Å². The van der Waals surface area contributed by atoms with E-state index in [9.17, 15) is 14.4 Å². The van der Waals surface area contributed by atoms with Crippen LogP contribution in [0, 0.1) is 19.3 Å². The highest BCUT2D eigenvalue weighted by Crippen LogP contribution is 2.20. The number of aryl methyl sites for hydroxylation is 2. The number of aromatic nitrogens is 1. The summed E-state index contributed by atoms with van der Waals surface area (Å²) < 4.78 is 0. The molecule has 0 unspecified atom stereocenters. The predicted octanol–water partition coefficient (Wildman–Crippen LogP) is 1.85. The Bertz CT molecular complexity index is 582. The minimum atomic E-state index is -1.23.